The van der Waals surface area contributed by atoms with E-state index in [1.165, 1.54) is 10.6 Å². The number of halogens is 1. The van der Waals surface area contributed by atoms with Crippen LogP contribution in [0.15, 0.2) is 30.3 Å². The second kappa shape index (κ2) is 9.52. The first kappa shape index (κ1) is 21.9. The number of hydrogen-bond acceptors (Lipinski definition) is 4. The zero-order valence-corrected chi connectivity index (χ0v) is 16.4. The maximum atomic E-state index is 12.4. The molecular formula is C17H28ClN3O3S. The van der Waals surface area contributed by atoms with Crippen molar-refractivity contribution in [3.05, 3.63) is 35.9 Å². The summed E-state index contributed by atoms with van der Waals surface area (Å²) in [4.78, 5) is 14.2. The number of piperidine rings is 1. The number of sulfonamides is 1. The SMILES string of the molecule is CCN(C1CCN(C(=O)CC(N)c2ccccc2)CC1)S(C)(=O)=O.Cl. The molecule has 0 aliphatic carbocycles. The summed E-state index contributed by atoms with van der Waals surface area (Å²) >= 11 is 0. The molecule has 2 N–H and O–H groups in total. The number of benzene rings is 1. The molecule has 1 unspecified atom stereocenters. The smallest absolute Gasteiger partial charge is 0.224 e. The molecule has 0 spiro atoms. The Labute approximate surface area is 156 Å². The van der Waals surface area contributed by atoms with Crippen LogP contribution < -0.4 is 5.73 Å². The third-order valence-corrected chi connectivity index (χ3v) is 5.99. The largest absolute Gasteiger partial charge is 0.343 e. The van der Waals surface area contributed by atoms with Gasteiger partial charge in [-0.05, 0) is 18.4 Å². The molecule has 1 atom stereocenters. The molecule has 8 heteroatoms. The molecular weight excluding hydrogens is 362 g/mol. The van der Waals surface area contributed by atoms with Crippen molar-refractivity contribution in [1.82, 2.24) is 9.21 Å². The lowest BCUT2D eigenvalue weighted by atomic mass is 10.0. The molecule has 1 aromatic carbocycles. The molecule has 0 saturated carbocycles. The molecule has 0 radical (unpaired) electrons. The molecule has 2 rings (SSSR count). The van der Waals surface area contributed by atoms with E-state index in [-0.39, 0.29) is 36.8 Å². The average Bonchev–Trinajstić information content (AvgIpc) is 2.55. The number of amides is 1. The van der Waals surface area contributed by atoms with E-state index in [0.29, 0.717) is 32.5 Å². The second-order valence-electron chi connectivity index (χ2n) is 6.30. The van der Waals surface area contributed by atoms with Gasteiger partial charge in [-0.15, -0.1) is 12.4 Å². The monoisotopic (exact) mass is 389 g/mol. The zero-order chi connectivity index (χ0) is 17.7. The number of carbonyl (C=O) groups excluding carboxylic acids is 1. The summed E-state index contributed by atoms with van der Waals surface area (Å²) in [6, 6.07) is 9.27. The predicted molar refractivity (Wildman–Crippen MR) is 102 cm³/mol. The highest BCUT2D eigenvalue weighted by molar-refractivity contribution is 7.88. The van der Waals surface area contributed by atoms with Crippen LogP contribution in [0.3, 0.4) is 0 Å². The number of nitrogens with two attached hydrogens (primary N) is 1. The maximum absolute atomic E-state index is 12.4. The number of nitrogens with zero attached hydrogens (tertiary/aromatic N) is 2. The average molecular weight is 390 g/mol. The molecule has 1 aromatic rings. The third-order valence-electron chi connectivity index (χ3n) is 4.58. The Hall–Kier alpha value is -1.15. The van der Waals surface area contributed by atoms with Crippen molar-refractivity contribution >= 4 is 28.3 Å². The van der Waals surface area contributed by atoms with Crippen molar-refractivity contribution in [1.29, 1.82) is 0 Å². The highest BCUT2D eigenvalue weighted by atomic mass is 35.5. The van der Waals surface area contributed by atoms with Crippen molar-refractivity contribution < 1.29 is 13.2 Å². The third kappa shape index (κ3) is 5.95. The van der Waals surface area contributed by atoms with Crippen molar-refractivity contribution in [2.45, 2.75) is 38.3 Å². The van der Waals surface area contributed by atoms with Crippen LogP contribution in [0.2, 0.25) is 0 Å². The van der Waals surface area contributed by atoms with E-state index >= 15 is 0 Å². The molecule has 142 valence electrons. The number of hydrogen-bond donors (Lipinski definition) is 1. The lowest BCUT2D eigenvalue weighted by molar-refractivity contribution is -0.132. The Bertz CT molecular complexity index is 646. The van der Waals surface area contributed by atoms with Gasteiger partial charge in [-0.3, -0.25) is 4.79 Å². The first-order chi connectivity index (χ1) is 11.3. The molecule has 1 heterocycles. The van der Waals surface area contributed by atoms with E-state index in [1.807, 2.05) is 37.3 Å². The normalized spacial score (nSPS) is 17.2. The molecule has 1 saturated heterocycles. The summed E-state index contributed by atoms with van der Waals surface area (Å²) < 4.78 is 25.1. The van der Waals surface area contributed by atoms with Gasteiger partial charge in [-0.1, -0.05) is 37.3 Å². The van der Waals surface area contributed by atoms with Gasteiger partial charge in [0.1, 0.15) is 0 Å². The van der Waals surface area contributed by atoms with E-state index in [2.05, 4.69) is 0 Å². The van der Waals surface area contributed by atoms with Crippen LogP contribution in [-0.4, -0.2) is 55.5 Å². The minimum atomic E-state index is -3.20. The highest BCUT2D eigenvalue weighted by Gasteiger charge is 2.30. The van der Waals surface area contributed by atoms with E-state index < -0.39 is 10.0 Å². The van der Waals surface area contributed by atoms with Gasteiger partial charge in [0.25, 0.3) is 0 Å². The first-order valence-corrected chi connectivity index (χ1v) is 10.2. The molecule has 1 aliphatic rings. The van der Waals surface area contributed by atoms with Gasteiger partial charge in [-0.25, -0.2) is 8.42 Å². The van der Waals surface area contributed by atoms with Crippen molar-refractivity contribution in [2.24, 2.45) is 5.73 Å². The number of rotatable bonds is 6. The van der Waals surface area contributed by atoms with Crippen LogP contribution in [0.25, 0.3) is 0 Å². The van der Waals surface area contributed by atoms with Gasteiger partial charge in [0.2, 0.25) is 15.9 Å². The van der Waals surface area contributed by atoms with Gasteiger partial charge < -0.3 is 10.6 Å². The molecule has 25 heavy (non-hydrogen) atoms. The lowest BCUT2D eigenvalue weighted by Crippen LogP contribution is -2.48. The predicted octanol–water partition coefficient (Wildman–Crippen LogP) is 1.77. The summed E-state index contributed by atoms with van der Waals surface area (Å²) in [6.45, 7) is 3.47. The van der Waals surface area contributed by atoms with Crippen LogP contribution in [-0.2, 0) is 14.8 Å². The minimum Gasteiger partial charge on any atom is -0.343 e. The highest BCUT2D eigenvalue weighted by Crippen LogP contribution is 2.21. The van der Waals surface area contributed by atoms with Crippen molar-refractivity contribution in [3.63, 3.8) is 0 Å². The van der Waals surface area contributed by atoms with Crippen LogP contribution >= 0.6 is 12.4 Å². The Balaban J connectivity index is 0.00000312. The summed E-state index contributed by atoms with van der Waals surface area (Å²) in [7, 11) is -3.20. The van der Waals surface area contributed by atoms with Gasteiger partial charge in [-0.2, -0.15) is 4.31 Å². The molecule has 1 aliphatic heterocycles. The van der Waals surface area contributed by atoms with Crippen LogP contribution in [0, 0.1) is 0 Å². The van der Waals surface area contributed by atoms with Gasteiger partial charge in [0.15, 0.2) is 0 Å². The standard InChI is InChI=1S/C17H27N3O3S.ClH/c1-3-20(24(2,22)23)15-9-11-19(12-10-15)17(21)13-16(18)14-7-5-4-6-8-14;/h4-8,15-16H,3,9-13,18H2,1-2H3;1H. The van der Waals surface area contributed by atoms with Crippen LogP contribution in [0.4, 0.5) is 0 Å². The summed E-state index contributed by atoms with van der Waals surface area (Å²) in [6.07, 6.45) is 2.87. The topological polar surface area (TPSA) is 83.7 Å². The van der Waals surface area contributed by atoms with Crippen LogP contribution in [0.5, 0.6) is 0 Å². The molecule has 1 fully saturated rings. The van der Waals surface area contributed by atoms with Gasteiger partial charge in [0, 0.05) is 38.1 Å². The minimum absolute atomic E-state index is 0. The zero-order valence-electron chi connectivity index (χ0n) is 14.8. The van der Waals surface area contributed by atoms with Crippen molar-refractivity contribution in [2.75, 3.05) is 25.9 Å². The van der Waals surface area contributed by atoms with Gasteiger partial charge in [0.05, 0.1) is 6.26 Å². The summed E-state index contributed by atoms with van der Waals surface area (Å²) in [5, 5.41) is 0. The van der Waals surface area contributed by atoms with E-state index in [0.717, 1.165) is 5.56 Å². The molecule has 6 nitrogen and oxygen atoms in total. The summed E-state index contributed by atoms with van der Waals surface area (Å²) in [5.41, 5.74) is 7.08. The van der Waals surface area contributed by atoms with E-state index in [9.17, 15) is 13.2 Å². The molecule has 0 bridgehead atoms. The molecule has 0 aromatic heterocycles. The fourth-order valence-electron chi connectivity index (χ4n) is 3.30. The fraction of sp³-hybridized carbons (Fsp3) is 0.588. The Kier molecular flexibility index (Phi) is 8.34. The van der Waals surface area contributed by atoms with Crippen molar-refractivity contribution in [3.8, 4) is 0 Å². The second-order valence-corrected chi connectivity index (χ2v) is 8.23. The first-order valence-electron chi connectivity index (χ1n) is 8.38. The van der Waals surface area contributed by atoms with Crippen LogP contribution in [0.1, 0.15) is 37.8 Å². The van der Waals surface area contributed by atoms with Gasteiger partial charge >= 0.3 is 0 Å². The van der Waals surface area contributed by atoms with E-state index in [4.69, 9.17) is 5.73 Å². The molecule has 1 amide bonds. The summed E-state index contributed by atoms with van der Waals surface area (Å²) in [5.74, 6) is 0.0345. The Morgan fingerprint density at radius 1 is 1.28 bits per heavy atom. The number of likely N-dealkylation sites (tertiary alicyclic amines) is 1. The van der Waals surface area contributed by atoms with E-state index in [1.54, 1.807) is 4.90 Å². The quantitative estimate of drug-likeness (QED) is 0.803. The maximum Gasteiger partial charge on any atom is 0.224 e. The Morgan fingerprint density at radius 3 is 2.32 bits per heavy atom. The fourth-order valence-corrected chi connectivity index (χ4v) is 4.52. The Morgan fingerprint density at radius 2 is 1.84 bits per heavy atom. The lowest BCUT2D eigenvalue weighted by Gasteiger charge is -2.37. The number of carbonyl (C=O) groups is 1.